The molecule has 6 heteroatoms. The highest BCUT2D eigenvalue weighted by Crippen LogP contribution is 2.17. The Labute approximate surface area is 131 Å². The molecule has 1 aliphatic carbocycles. The molecule has 2 N–H and O–H groups in total. The first kappa shape index (κ1) is 16.3. The van der Waals surface area contributed by atoms with Crippen LogP contribution in [0.25, 0.3) is 0 Å². The highest BCUT2D eigenvalue weighted by molar-refractivity contribution is 6.32. The zero-order chi connectivity index (χ0) is 15.1. The van der Waals surface area contributed by atoms with Gasteiger partial charge in [0.25, 0.3) is 5.56 Å². The van der Waals surface area contributed by atoms with E-state index < -0.39 is 0 Å². The molecule has 1 heterocycles. The lowest BCUT2D eigenvalue weighted by molar-refractivity contribution is 0.468. The van der Waals surface area contributed by atoms with Crippen LogP contribution in [-0.4, -0.2) is 28.9 Å². The van der Waals surface area contributed by atoms with Gasteiger partial charge in [-0.2, -0.15) is 5.10 Å². The van der Waals surface area contributed by atoms with E-state index in [1.165, 1.54) is 43.2 Å². The van der Waals surface area contributed by atoms with Gasteiger partial charge in [0.1, 0.15) is 5.02 Å². The highest BCUT2D eigenvalue weighted by Gasteiger charge is 2.11. The zero-order valence-electron chi connectivity index (χ0n) is 12.7. The molecule has 1 aliphatic rings. The number of aryl methyl sites for hydroxylation is 1. The number of anilines is 1. The second-order valence-corrected chi connectivity index (χ2v) is 5.94. The molecule has 0 bridgehead atoms. The van der Waals surface area contributed by atoms with Crippen molar-refractivity contribution in [2.24, 2.45) is 0 Å². The lowest BCUT2D eigenvalue weighted by Gasteiger charge is -2.16. The number of hydrogen-bond donors (Lipinski definition) is 2. The van der Waals surface area contributed by atoms with Crippen molar-refractivity contribution in [1.29, 1.82) is 0 Å². The number of rotatable bonds is 6. The first-order valence-electron chi connectivity index (χ1n) is 7.95. The lowest BCUT2D eigenvalue weighted by atomic mass is 10.1. The Hall–Kier alpha value is -1.07. The fraction of sp³-hybridized carbons (Fsp3) is 0.733. The summed E-state index contributed by atoms with van der Waals surface area (Å²) in [7, 11) is 0. The van der Waals surface area contributed by atoms with Gasteiger partial charge in [0.15, 0.2) is 0 Å². The number of halogens is 1. The third kappa shape index (κ3) is 4.71. The summed E-state index contributed by atoms with van der Waals surface area (Å²) in [5.41, 5.74) is 0.384. The molecule has 21 heavy (non-hydrogen) atoms. The summed E-state index contributed by atoms with van der Waals surface area (Å²) >= 11 is 6.07. The predicted molar refractivity (Wildman–Crippen MR) is 87.2 cm³/mol. The first-order valence-corrected chi connectivity index (χ1v) is 8.33. The van der Waals surface area contributed by atoms with Crippen LogP contribution in [-0.2, 0) is 6.54 Å². The van der Waals surface area contributed by atoms with E-state index in [1.54, 1.807) is 6.20 Å². The molecule has 0 aromatic carbocycles. The minimum absolute atomic E-state index is 0.223. The lowest BCUT2D eigenvalue weighted by Crippen LogP contribution is -2.33. The van der Waals surface area contributed by atoms with E-state index in [9.17, 15) is 4.79 Å². The van der Waals surface area contributed by atoms with E-state index in [-0.39, 0.29) is 10.6 Å². The fourth-order valence-electron chi connectivity index (χ4n) is 2.77. The maximum atomic E-state index is 11.9. The number of aromatic nitrogens is 2. The van der Waals surface area contributed by atoms with Crippen LogP contribution in [0.15, 0.2) is 11.0 Å². The highest BCUT2D eigenvalue weighted by atomic mass is 35.5. The van der Waals surface area contributed by atoms with Crippen LogP contribution in [0, 0.1) is 0 Å². The molecule has 5 nitrogen and oxygen atoms in total. The van der Waals surface area contributed by atoms with Gasteiger partial charge in [-0.15, -0.1) is 0 Å². The summed E-state index contributed by atoms with van der Waals surface area (Å²) in [4.78, 5) is 11.9. The minimum Gasteiger partial charge on any atom is -0.381 e. The van der Waals surface area contributed by atoms with Crippen molar-refractivity contribution >= 4 is 17.3 Å². The summed E-state index contributed by atoms with van der Waals surface area (Å²) in [6.07, 6.45) is 9.56. The Morgan fingerprint density at radius 1 is 1.29 bits per heavy atom. The van der Waals surface area contributed by atoms with Crippen LogP contribution >= 0.6 is 11.6 Å². The number of nitrogens with zero attached hydrogens (tertiary/aromatic N) is 2. The van der Waals surface area contributed by atoms with E-state index in [1.807, 2.05) is 6.92 Å². The molecule has 0 atom stereocenters. The summed E-state index contributed by atoms with van der Waals surface area (Å²) in [6, 6.07) is 0.635. The monoisotopic (exact) mass is 312 g/mol. The molecule has 0 unspecified atom stereocenters. The Bertz CT molecular complexity index is 495. The van der Waals surface area contributed by atoms with Gasteiger partial charge in [-0.05, 0) is 19.8 Å². The Morgan fingerprint density at radius 3 is 2.67 bits per heavy atom. The smallest absolute Gasteiger partial charge is 0.287 e. The minimum atomic E-state index is -0.235. The molecule has 1 aromatic heterocycles. The third-order valence-corrected chi connectivity index (χ3v) is 4.38. The number of hydrogen-bond acceptors (Lipinski definition) is 4. The molecule has 0 radical (unpaired) electrons. The Balaban J connectivity index is 1.78. The molecular formula is C15H25ClN4O. The van der Waals surface area contributed by atoms with E-state index >= 15 is 0 Å². The Kier molecular flexibility index (Phi) is 6.51. The molecule has 0 amide bonds. The van der Waals surface area contributed by atoms with Crippen molar-refractivity contribution in [3.63, 3.8) is 0 Å². The number of nitrogens with one attached hydrogen (secondary N) is 2. The molecule has 1 saturated carbocycles. The third-order valence-electron chi connectivity index (χ3n) is 4.01. The van der Waals surface area contributed by atoms with Gasteiger partial charge < -0.3 is 10.6 Å². The van der Waals surface area contributed by atoms with Gasteiger partial charge in [-0.25, -0.2) is 4.68 Å². The molecule has 0 aliphatic heterocycles. The van der Waals surface area contributed by atoms with Crippen molar-refractivity contribution in [2.75, 3.05) is 18.4 Å². The van der Waals surface area contributed by atoms with E-state index in [0.29, 0.717) is 18.3 Å². The second-order valence-electron chi connectivity index (χ2n) is 5.56. The molecule has 118 valence electrons. The molecule has 1 fully saturated rings. The zero-order valence-corrected chi connectivity index (χ0v) is 13.5. The quantitative estimate of drug-likeness (QED) is 0.626. The van der Waals surface area contributed by atoms with Crippen LogP contribution in [0.1, 0.15) is 45.4 Å². The largest absolute Gasteiger partial charge is 0.381 e. The van der Waals surface area contributed by atoms with Crippen LogP contribution < -0.4 is 16.2 Å². The summed E-state index contributed by atoms with van der Waals surface area (Å²) < 4.78 is 1.36. The normalized spacial score (nSPS) is 16.7. The average Bonchev–Trinajstić information content (AvgIpc) is 2.76. The molecule has 1 aromatic rings. The van der Waals surface area contributed by atoms with Crippen LogP contribution in [0.4, 0.5) is 5.69 Å². The fourth-order valence-corrected chi connectivity index (χ4v) is 2.98. The van der Waals surface area contributed by atoms with Gasteiger partial charge in [0.05, 0.1) is 11.9 Å². The van der Waals surface area contributed by atoms with E-state index in [0.717, 1.165) is 13.1 Å². The summed E-state index contributed by atoms with van der Waals surface area (Å²) in [6.45, 7) is 4.02. The van der Waals surface area contributed by atoms with E-state index in [4.69, 9.17) is 11.6 Å². The summed E-state index contributed by atoms with van der Waals surface area (Å²) in [5.74, 6) is 0. The average molecular weight is 313 g/mol. The van der Waals surface area contributed by atoms with Crippen molar-refractivity contribution in [3.8, 4) is 0 Å². The Morgan fingerprint density at radius 2 is 2.00 bits per heavy atom. The van der Waals surface area contributed by atoms with Gasteiger partial charge in [-0.1, -0.05) is 37.3 Å². The predicted octanol–water partition coefficient (Wildman–Crippen LogP) is 2.64. The van der Waals surface area contributed by atoms with Crippen molar-refractivity contribution in [3.05, 3.63) is 21.6 Å². The van der Waals surface area contributed by atoms with Crippen LogP contribution in [0.3, 0.4) is 0 Å². The topological polar surface area (TPSA) is 59.0 Å². The second kappa shape index (κ2) is 8.39. The van der Waals surface area contributed by atoms with Crippen molar-refractivity contribution in [1.82, 2.24) is 15.1 Å². The van der Waals surface area contributed by atoms with Crippen LogP contribution in [0.2, 0.25) is 5.02 Å². The molecule has 2 rings (SSSR count). The van der Waals surface area contributed by atoms with Gasteiger partial charge in [-0.3, -0.25) is 4.79 Å². The molecule has 0 spiro atoms. The molecule has 0 saturated heterocycles. The van der Waals surface area contributed by atoms with Crippen molar-refractivity contribution in [2.45, 2.75) is 58.0 Å². The SMILES string of the molecule is CCn1ncc(NCCNC2CCCCCC2)c(Cl)c1=O. The van der Waals surface area contributed by atoms with Crippen LogP contribution in [0.5, 0.6) is 0 Å². The van der Waals surface area contributed by atoms with Gasteiger partial charge in [0.2, 0.25) is 0 Å². The maximum absolute atomic E-state index is 11.9. The van der Waals surface area contributed by atoms with Gasteiger partial charge in [0, 0.05) is 25.7 Å². The van der Waals surface area contributed by atoms with Gasteiger partial charge >= 0.3 is 0 Å². The van der Waals surface area contributed by atoms with Crippen molar-refractivity contribution < 1.29 is 0 Å². The first-order chi connectivity index (χ1) is 10.2. The molecular weight excluding hydrogens is 288 g/mol. The maximum Gasteiger partial charge on any atom is 0.287 e. The van der Waals surface area contributed by atoms with E-state index in [2.05, 4.69) is 15.7 Å². The standard InChI is InChI=1S/C15H25ClN4O/c1-2-20-15(21)14(16)13(11-19-20)18-10-9-17-12-7-5-3-4-6-8-12/h11-12,17-18H,2-10H2,1H3. The summed E-state index contributed by atoms with van der Waals surface area (Å²) in [5, 5.41) is 11.1.